The van der Waals surface area contributed by atoms with Gasteiger partial charge in [0.05, 0.1) is 18.2 Å². The van der Waals surface area contributed by atoms with Gasteiger partial charge in [0.1, 0.15) is 0 Å². The number of halogens is 1. The van der Waals surface area contributed by atoms with Crippen LogP contribution in [0, 0.1) is 0 Å². The normalized spacial score (nSPS) is 21.8. The highest BCUT2D eigenvalue weighted by atomic mass is 35.5. The Balaban J connectivity index is 1.39. The first-order chi connectivity index (χ1) is 13.1. The molecule has 6 heteroatoms. The Bertz CT molecular complexity index is 834. The third kappa shape index (κ3) is 3.90. The molecule has 0 N–H and O–H groups in total. The molecule has 2 aliphatic heterocycles. The van der Waals surface area contributed by atoms with Crippen molar-refractivity contribution in [3.8, 4) is 0 Å². The summed E-state index contributed by atoms with van der Waals surface area (Å²) >= 11 is 6.02. The minimum atomic E-state index is -0.365. The van der Waals surface area contributed by atoms with Crippen LogP contribution in [0.1, 0.15) is 12.0 Å². The van der Waals surface area contributed by atoms with Crippen LogP contribution in [-0.2, 0) is 16.1 Å². The maximum Gasteiger partial charge on any atom is 0.251 e. The van der Waals surface area contributed by atoms with E-state index in [0.717, 1.165) is 32.7 Å². The van der Waals surface area contributed by atoms with Crippen molar-refractivity contribution >= 4 is 29.1 Å². The third-order valence-electron chi connectivity index (χ3n) is 5.29. The largest absolute Gasteiger partial charge is 0.297 e. The van der Waals surface area contributed by atoms with Gasteiger partial charge < -0.3 is 0 Å². The first-order valence-corrected chi connectivity index (χ1v) is 9.62. The summed E-state index contributed by atoms with van der Waals surface area (Å²) in [7, 11) is 0. The molecule has 0 saturated carbocycles. The van der Waals surface area contributed by atoms with Gasteiger partial charge in [0.2, 0.25) is 5.91 Å². The molecule has 0 aromatic heterocycles. The SMILES string of the molecule is O=C1C[C@H](N2CCN(Cc3ccccc3)CC2)C(=O)N1c1cccc(Cl)c1. The summed E-state index contributed by atoms with van der Waals surface area (Å²) < 4.78 is 0. The fourth-order valence-electron chi connectivity index (χ4n) is 3.86. The van der Waals surface area contributed by atoms with Gasteiger partial charge >= 0.3 is 0 Å². The number of benzene rings is 2. The maximum absolute atomic E-state index is 12.9. The molecular weight excluding hydrogens is 362 g/mol. The Morgan fingerprint density at radius 3 is 2.37 bits per heavy atom. The van der Waals surface area contributed by atoms with E-state index in [4.69, 9.17) is 11.6 Å². The van der Waals surface area contributed by atoms with Gasteiger partial charge in [0.25, 0.3) is 5.91 Å². The number of carbonyl (C=O) groups excluding carboxylic acids is 2. The molecule has 5 nitrogen and oxygen atoms in total. The fourth-order valence-corrected chi connectivity index (χ4v) is 4.05. The number of hydrogen-bond acceptors (Lipinski definition) is 4. The summed E-state index contributed by atoms with van der Waals surface area (Å²) in [4.78, 5) is 31.2. The molecular formula is C21H22ClN3O2. The lowest BCUT2D eigenvalue weighted by molar-refractivity contribution is -0.123. The predicted molar refractivity (Wildman–Crippen MR) is 106 cm³/mol. The van der Waals surface area contributed by atoms with Gasteiger partial charge in [-0.05, 0) is 23.8 Å². The minimum Gasteiger partial charge on any atom is -0.297 e. The maximum atomic E-state index is 12.9. The standard InChI is InChI=1S/C21H22ClN3O2/c22-17-7-4-8-18(13-17)25-20(26)14-19(21(25)27)24-11-9-23(10-12-24)15-16-5-2-1-3-6-16/h1-8,13,19H,9-12,14-15H2/t19-/m0/s1. The summed E-state index contributed by atoms with van der Waals surface area (Å²) in [6, 6.07) is 16.9. The number of hydrogen-bond donors (Lipinski definition) is 0. The molecule has 27 heavy (non-hydrogen) atoms. The van der Waals surface area contributed by atoms with Gasteiger partial charge in [-0.2, -0.15) is 0 Å². The molecule has 2 amide bonds. The van der Waals surface area contributed by atoms with E-state index < -0.39 is 0 Å². The van der Waals surface area contributed by atoms with E-state index in [9.17, 15) is 9.59 Å². The second-order valence-electron chi connectivity index (χ2n) is 7.06. The van der Waals surface area contributed by atoms with Crippen LogP contribution in [0.2, 0.25) is 5.02 Å². The summed E-state index contributed by atoms with van der Waals surface area (Å²) in [5.74, 6) is -0.294. The van der Waals surface area contributed by atoms with E-state index in [0.29, 0.717) is 10.7 Å². The third-order valence-corrected chi connectivity index (χ3v) is 5.52. The highest BCUT2D eigenvalue weighted by Crippen LogP contribution is 2.28. The van der Waals surface area contributed by atoms with Crippen molar-refractivity contribution < 1.29 is 9.59 Å². The number of piperazine rings is 1. The van der Waals surface area contributed by atoms with Crippen LogP contribution in [0.15, 0.2) is 54.6 Å². The molecule has 0 aliphatic carbocycles. The lowest BCUT2D eigenvalue weighted by Gasteiger charge is -2.37. The molecule has 4 rings (SSSR count). The van der Waals surface area contributed by atoms with Crippen molar-refractivity contribution in [3.63, 3.8) is 0 Å². The van der Waals surface area contributed by atoms with Crippen molar-refractivity contribution in [3.05, 3.63) is 65.2 Å². The van der Waals surface area contributed by atoms with Crippen LogP contribution < -0.4 is 4.90 Å². The van der Waals surface area contributed by atoms with Crippen LogP contribution in [0.25, 0.3) is 0 Å². The van der Waals surface area contributed by atoms with Gasteiger partial charge in [0.15, 0.2) is 0 Å². The average molecular weight is 384 g/mol. The highest BCUT2D eigenvalue weighted by molar-refractivity contribution is 6.31. The van der Waals surface area contributed by atoms with E-state index in [1.54, 1.807) is 24.3 Å². The average Bonchev–Trinajstić information content (AvgIpc) is 2.97. The van der Waals surface area contributed by atoms with Crippen molar-refractivity contribution in [1.29, 1.82) is 0 Å². The Morgan fingerprint density at radius 2 is 1.67 bits per heavy atom. The van der Waals surface area contributed by atoms with Gasteiger partial charge in [-0.3, -0.25) is 19.4 Å². The summed E-state index contributed by atoms with van der Waals surface area (Å²) in [6.45, 7) is 4.29. The summed E-state index contributed by atoms with van der Waals surface area (Å²) in [6.07, 6.45) is 0.240. The van der Waals surface area contributed by atoms with Crippen LogP contribution >= 0.6 is 11.6 Å². The second kappa shape index (κ2) is 7.80. The minimum absolute atomic E-state index is 0.140. The van der Waals surface area contributed by atoms with E-state index in [-0.39, 0.29) is 24.3 Å². The van der Waals surface area contributed by atoms with Crippen molar-refractivity contribution in [1.82, 2.24) is 9.80 Å². The smallest absolute Gasteiger partial charge is 0.251 e. The molecule has 2 fully saturated rings. The van der Waals surface area contributed by atoms with Crippen LogP contribution in [0.5, 0.6) is 0 Å². The van der Waals surface area contributed by atoms with Crippen LogP contribution in [0.4, 0.5) is 5.69 Å². The number of amides is 2. The van der Waals surface area contributed by atoms with Gasteiger partial charge in [-0.15, -0.1) is 0 Å². The monoisotopic (exact) mass is 383 g/mol. The first kappa shape index (κ1) is 18.2. The predicted octanol–water partition coefficient (Wildman–Crippen LogP) is 2.79. The molecule has 2 aromatic rings. The first-order valence-electron chi connectivity index (χ1n) is 9.24. The Morgan fingerprint density at radius 1 is 0.926 bits per heavy atom. The van der Waals surface area contributed by atoms with E-state index in [2.05, 4.69) is 34.1 Å². The number of nitrogens with zero attached hydrogens (tertiary/aromatic N) is 3. The van der Waals surface area contributed by atoms with Crippen molar-refractivity contribution in [2.24, 2.45) is 0 Å². The fraction of sp³-hybridized carbons (Fsp3) is 0.333. The molecule has 0 bridgehead atoms. The molecule has 2 heterocycles. The molecule has 0 spiro atoms. The van der Waals surface area contributed by atoms with E-state index >= 15 is 0 Å². The summed E-state index contributed by atoms with van der Waals surface area (Å²) in [5, 5.41) is 0.520. The molecule has 2 saturated heterocycles. The van der Waals surface area contributed by atoms with E-state index in [1.807, 2.05) is 6.07 Å². The summed E-state index contributed by atoms with van der Waals surface area (Å²) in [5.41, 5.74) is 1.85. The lowest BCUT2D eigenvalue weighted by Crippen LogP contribution is -2.52. The Labute approximate surface area is 164 Å². The number of anilines is 1. The zero-order valence-corrected chi connectivity index (χ0v) is 15.8. The Hall–Kier alpha value is -2.21. The van der Waals surface area contributed by atoms with Crippen LogP contribution in [-0.4, -0.2) is 53.8 Å². The quantitative estimate of drug-likeness (QED) is 0.761. The van der Waals surface area contributed by atoms with Gasteiger partial charge in [-0.25, -0.2) is 4.90 Å². The van der Waals surface area contributed by atoms with E-state index in [1.165, 1.54) is 10.5 Å². The second-order valence-corrected chi connectivity index (χ2v) is 7.50. The van der Waals surface area contributed by atoms with Gasteiger partial charge in [0, 0.05) is 37.7 Å². The Kier molecular flexibility index (Phi) is 5.25. The lowest BCUT2D eigenvalue weighted by atomic mass is 10.1. The zero-order valence-electron chi connectivity index (χ0n) is 15.1. The van der Waals surface area contributed by atoms with Gasteiger partial charge in [-0.1, -0.05) is 48.0 Å². The molecule has 1 atom stereocenters. The highest BCUT2D eigenvalue weighted by Gasteiger charge is 2.43. The number of rotatable bonds is 4. The van der Waals surface area contributed by atoms with Crippen molar-refractivity contribution in [2.45, 2.75) is 19.0 Å². The molecule has 2 aromatic carbocycles. The molecule has 2 aliphatic rings. The molecule has 140 valence electrons. The molecule has 0 radical (unpaired) electrons. The number of imide groups is 1. The molecule has 0 unspecified atom stereocenters. The number of carbonyl (C=O) groups is 2. The van der Waals surface area contributed by atoms with Crippen molar-refractivity contribution in [2.75, 3.05) is 31.1 Å². The van der Waals surface area contributed by atoms with Crippen LogP contribution in [0.3, 0.4) is 0 Å². The zero-order chi connectivity index (χ0) is 18.8. The topological polar surface area (TPSA) is 43.9 Å².